The summed E-state index contributed by atoms with van der Waals surface area (Å²) in [5, 5.41) is 5.58. The van der Waals surface area contributed by atoms with E-state index in [1.54, 1.807) is 7.11 Å². The van der Waals surface area contributed by atoms with E-state index < -0.39 is 0 Å². The summed E-state index contributed by atoms with van der Waals surface area (Å²) in [6, 6.07) is 5.51. The molecule has 19 heavy (non-hydrogen) atoms. The molecule has 1 heterocycles. The maximum Gasteiger partial charge on any atom is 0.229 e. The van der Waals surface area contributed by atoms with Gasteiger partial charge in [0.2, 0.25) is 11.8 Å². The number of nitrogens with one attached hydrogen (secondary N) is 2. The highest BCUT2D eigenvalue weighted by molar-refractivity contribution is 5.94. The maximum atomic E-state index is 12.0. The van der Waals surface area contributed by atoms with Gasteiger partial charge >= 0.3 is 0 Å². The van der Waals surface area contributed by atoms with Gasteiger partial charge in [0, 0.05) is 18.7 Å². The standard InChI is InChI=1S/C14H18N2O3/c1-9-7-11(4-5-12(9)19-2)16-14(18)10-3-6-13(17)15-8-10/h4-5,7,10H,3,6,8H2,1-2H3,(H,15,17)(H,16,18). The van der Waals surface area contributed by atoms with Crippen LogP contribution in [0.2, 0.25) is 0 Å². The molecule has 1 aromatic carbocycles. The van der Waals surface area contributed by atoms with Gasteiger partial charge in [0.05, 0.1) is 13.0 Å². The lowest BCUT2D eigenvalue weighted by molar-refractivity contribution is -0.126. The SMILES string of the molecule is COc1ccc(NC(=O)C2CCC(=O)NC2)cc1C. The lowest BCUT2D eigenvalue weighted by atomic mass is 9.98. The number of piperidine rings is 1. The number of hydrogen-bond acceptors (Lipinski definition) is 3. The van der Waals surface area contributed by atoms with Crippen LogP contribution in [0, 0.1) is 12.8 Å². The lowest BCUT2D eigenvalue weighted by Gasteiger charge is -2.21. The van der Waals surface area contributed by atoms with Gasteiger partial charge in [-0.05, 0) is 37.1 Å². The number of hydrogen-bond donors (Lipinski definition) is 2. The summed E-state index contributed by atoms with van der Waals surface area (Å²) < 4.78 is 5.17. The summed E-state index contributed by atoms with van der Waals surface area (Å²) in [7, 11) is 1.62. The van der Waals surface area contributed by atoms with Crippen LogP contribution in [0.4, 0.5) is 5.69 Å². The molecule has 0 radical (unpaired) electrons. The number of carbonyl (C=O) groups is 2. The van der Waals surface area contributed by atoms with Crippen LogP contribution in [0.25, 0.3) is 0 Å². The molecule has 102 valence electrons. The van der Waals surface area contributed by atoms with Crippen LogP contribution >= 0.6 is 0 Å². The quantitative estimate of drug-likeness (QED) is 0.866. The normalized spacial score (nSPS) is 18.6. The van der Waals surface area contributed by atoms with Crippen molar-refractivity contribution in [2.45, 2.75) is 19.8 Å². The molecule has 2 N–H and O–H groups in total. The molecule has 2 rings (SSSR count). The first-order valence-electron chi connectivity index (χ1n) is 6.32. The molecule has 0 saturated carbocycles. The number of methoxy groups -OCH3 is 1. The summed E-state index contributed by atoms with van der Waals surface area (Å²) in [5.74, 6) is 0.608. The summed E-state index contributed by atoms with van der Waals surface area (Å²) >= 11 is 0. The third-order valence-electron chi connectivity index (χ3n) is 3.30. The monoisotopic (exact) mass is 262 g/mol. The Labute approximate surface area is 112 Å². The van der Waals surface area contributed by atoms with E-state index in [9.17, 15) is 9.59 Å². The minimum Gasteiger partial charge on any atom is -0.496 e. The highest BCUT2D eigenvalue weighted by Gasteiger charge is 2.24. The van der Waals surface area contributed by atoms with E-state index in [0.29, 0.717) is 19.4 Å². The number of aryl methyl sites for hydroxylation is 1. The number of rotatable bonds is 3. The molecule has 1 fully saturated rings. The van der Waals surface area contributed by atoms with Crippen LogP contribution in [-0.4, -0.2) is 25.5 Å². The average Bonchev–Trinajstić information content (AvgIpc) is 2.39. The fraction of sp³-hybridized carbons (Fsp3) is 0.429. The molecule has 1 unspecified atom stereocenters. The van der Waals surface area contributed by atoms with E-state index in [2.05, 4.69) is 10.6 Å². The van der Waals surface area contributed by atoms with Crippen LogP contribution in [0.1, 0.15) is 18.4 Å². The third kappa shape index (κ3) is 3.24. The fourth-order valence-electron chi connectivity index (χ4n) is 2.16. The molecule has 5 heteroatoms. The van der Waals surface area contributed by atoms with Crippen molar-refractivity contribution in [2.75, 3.05) is 19.0 Å². The Morgan fingerprint density at radius 2 is 2.26 bits per heavy atom. The Morgan fingerprint density at radius 3 is 2.84 bits per heavy atom. The van der Waals surface area contributed by atoms with Gasteiger partial charge in [-0.1, -0.05) is 0 Å². The second-order valence-corrected chi connectivity index (χ2v) is 4.71. The molecule has 1 aliphatic rings. The molecule has 0 spiro atoms. The van der Waals surface area contributed by atoms with E-state index in [-0.39, 0.29) is 17.7 Å². The second-order valence-electron chi connectivity index (χ2n) is 4.71. The summed E-state index contributed by atoms with van der Waals surface area (Å²) in [5.41, 5.74) is 1.72. The Balaban J connectivity index is 1.99. The number of amides is 2. The van der Waals surface area contributed by atoms with Gasteiger partial charge < -0.3 is 15.4 Å². The third-order valence-corrected chi connectivity index (χ3v) is 3.30. The van der Waals surface area contributed by atoms with Crippen molar-refractivity contribution >= 4 is 17.5 Å². The first-order valence-corrected chi connectivity index (χ1v) is 6.32. The van der Waals surface area contributed by atoms with Crippen LogP contribution in [-0.2, 0) is 9.59 Å². The Kier molecular flexibility index (Phi) is 4.04. The first-order chi connectivity index (χ1) is 9.10. The predicted octanol–water partition coefficient (Wildman–Crippen LogP) is 1.47. The fourth-order valence-corrected chi connectivity index (χ4v) is 2.16. The van der Waals surface area contributed by atoms with E-state index in [1.165, 1.54) is 0 Å². The zero-order chi connectivity index (χ0) is 13.8. The van der Waals surface area contributed by atoms with Crippen LogP contribution < -0.4 is 15.4 Å². The predicted molar refractivity (Wildman–Crippen MR) is 72.1 cm³/mol. The van der Waals surface area contributed by atoms with Crippen molar-refractivity contribution < 1.29 is 14.3 Å². The lowest BCUT2D eigenvalue weighted by Crippen LogP contribution is -2.40. The summed E-state index contributed by atoms with van der Waals surface area (Å²) in [6.07, 6.45) is 1.02. The highest BCUT2D eigenvalue weighted by Crippen LogP contribution is 2.22. The van der Waals surface area contributed by atoms with E-state index in [1.807, 2.05) is 25.1 Å². The molecule has 1 atom stereocenters. The second kappa shape index (κ2) is 5.73. The molecule has 5 nitrogen and oxygen atoms in total. The average molecular weight is 262 g/mol. The van der Waals surface area contributed by atoms with Crippen molar-refractivity contribution in [1.82, 2.24) is 5.32 Å². The number of anilines is 1. The molecule has 0 bridgehead atoms. The number of carbonyl (C=O) groups excluding carboxylic acids is 2. The van der Waals surface area contributed by atoms with E-state index in [4.69, 9.17) is 4.74 Å². The highest BCUT2D eigenvalue weighted by atomic mass is 16.5. The zero-order valence-electron chi connectivity index (χ0n) is 11.2. The van der Waals surface area contributed by atoms with E-state index >= 15 is 0 Å². The van der Waals surface area contributed by atoms with Gasteiger partial charge in [0.25, 0.3) is 0 Å². The van der Waals surface area contributed by atoms with Crippen molar-refractivity contribution in [3.05, 3.63) is 23.8 Å². The van der Waals surface area contributed by atoms with Crippen LogP contribution in [0.15, 0.2) is 18.2 Å². The minimum absolute atomic E-state index is 0.0179. The molecular weight excluding hydrogens is 244 g/mol. The number of benzene rings is 1. The van der Waals surface area contributed by atoms with Gasteiger partial charge in [0.15, 0.2) is 0 Å². The van der Waals surface area contributed by atoms with Gasteiger partial charge in [-0.2, -0.15) is 0 Å². The first kappa shape index (κ1) is 13.4. The number of ether oxygens (including phenoxy) is 1. The minimum atomic E-state index is -0.153. The Hall–Kier alpha value is -2.04. The van der Waals surface area contributed by atoms with Gasteiger partial charge in [-0.15, -0.1) is 0 Å². The smallest absolute Gasteiger partial charge is 0.229 e. The Morgan fingerprint density at radius 1 is 1.47 bits per heavy atom. The van der Waals surface area contributed by atoms with Crippen molar-refractivity contribution in [3.8, 4) is 5.75 Å². The molecule has 0 aliphatic carbocycles. The van der Waals surface area contributed by atoms with Crippen molar-refractivity contribution in [1.29, 1.82) is 0 Å². The van der Waals surface area contributed by atoms with E-state index in [0.717, 1.165) is 17.0 Å². The topological polar surface area (TPSA) is 67.4 Å². The van der Waals surface area contributed by atoms with Crippen molar-refractivity contribution in [2.24, 2.45) is 5.92 Å². The molecule has 2 amide bonds. The molecule has 1 aromatic rings. The van der Waals surface area contributed by atoms with Crippen molar-refractivity contribution in [3.63, 3.8) is 0 Å². The summed E-state index contributed by atoms with van der Waals surface area (Å²) in [6.45, 7) is 2.34. The van der Waals surface area contributed by atoms with Gasteiger partial charge in [-0.3, -0.25) is 9.59 Å². The zero-order valence-corrected chi connectivity index (χ0v) is 11.2. The van der Waals surface area contributed by atoms with Crippen LogP contribution in [0.3, 0.4) is 0 Å². The maximum absolute atomic E-state index is 12.0. The van der Waals surface area contributed by atoms with Gasteiger partial charge in [-0.25, -0.2) is 0 Å². The summed E-state index contributed by atoms with van der Waals surface area (Å²) in [4.78, 5) is 23.1. The van der Waals surface area contributed by atoms with Crippen LogP contribution in [0.5, 0.6) is 5.75 Å². The Bertz CT molecular complexity index is 489. The molecule has 1 aliphatic heterocycles. The molecule has 0 aromatic heterocycles. The largest absolute Gasteiger partial charge is 0.496 e. The molecule has 1 saturated heterocycles. The molecular formula is C14H18N2O3. The van der Waals surface area contributed by atoms with Gasteiger partial charge in [0.1, 0.15) is 5.75 Å².